The summed E-state index contributed by atoms with van der Waals surface area (Å²) < 4.78 is 12.7. The Hall–Kier alpha value is -2.17. The van der Waals surface area contributed by atoms with Gasteiger partial charge in [-0.2, -0.15) is 0 Å². The normalized spacial score (nSPS) is 14.4. The predicted molar refractivity (Wildman–Crippen MR) is 81.9 cm³/mol. The Labute approximate surface area is 123 Å². The van der Waals surface area contributed by atoms with Crippen LogP contribution in [0.4, 0.5) is 5.69 Å². The molecule has 0 bridgehead atoms. The van der Waals surface area contributed by atoms with E-state index in [0.717, 1.165) is 29.4 Å². The number of methoxy groups -OCH3 is 1. The van der Waals surface area contributed by atoms with E-state index in [2.05, 4.69) is 4.57 Å². The first-order valence-corrected chi connectivity index (χ1v) is 7.24. The van der Waals surface area contributed by atoms with E-state index in [4.69, 9.17) is 15.2 Å². The molecule has 1 heterocycles. The minimum atomic E-state index is -0.320. The average molecular weight is 288 g/mol. The molecule has 5 heteroatoms. The Bertz CT molecular complexity index is 714. The first-order chi connectivity index (χ1) is 10.1. The van der Waals surface area contributed by atoms with Crippen molar-refractivity contribution in [1.82, 2.24) is 4.57 Å². The number of aromatic nitrogens is 1. The van der Waals surface area contributed by atoms with Gasteiger partial charge in [0.2, 0.25) is 0 Å². The summed E-state index contributed by atoms with van der Waals surface area (Å²) in [5.41, 5.74) is 9.19. The van der Waals surface area contributed by atoms with Gasteiger partial charge in [0.1, 0.15) is 5.75 Å². The van der Waals surface area contributed by atoms with Gasteiger partial charge in [0.05, 0.1) is 30.5 Å². The molecule has 1 aliphatic carbocycles. The van der Waals surface area contributed by atoms with Gasteiger partial charge in [-0.1, -0.05) is 0 Å². The summed E-state index contributed by atoms with van der Waals surface area (Å²) in [6, 6.07) is 4.28. The van der Waals surface area contributed by atoms with Crippen LogP contribution in [0.15, 0.2) is 12.1 Å². The third kappa shape index (κ3) is 2.04. The molecule has 21 heavy (non-hydrogen) atoms. The maximum absolute atomic E-state index is 12.4. The van der Waals surface area contributed by atoms with Gasteiger partial charge in [-0.15, -0.1) is 0 Å². The van der Waals surface area contributed by atoms with E-state index < -0.39 is 0 Å². The number of ether oxygens (including phenoxy) is 2. The van der Waals surface area contributed by atoms with Gasteiger partial charge in [0, 0.05) is 17.1 Å². The Morgan fingerprint density at radius 1 is 1.43 bits per heavy atom. The molecular weight excluding hydrogens is 268 g/mol. The monoisotopic (exact) mass is 288 g/mol. The number of hydrogen-bond donors (Lipinski definition) is 1. The number of nitrogens with zero attached hydrogens (tertiary/aromatic N) is 1. The highest BCUT2D eigenvalue weighted by molar-refractivity contribution is 6.11. The molecule has 0 saturated heterocycles. The fourth-order valence-electron chi connectivity index (χ4n) is 2.97. The quantitative estimate of drug-likeness (QED) is 0.693. The molecule has 0 amide bonds. The van der Waals surface area contributed by atoms with Crippen LogP contribution in [-0.4, -0.2) is 24.3 Å². The molecule has 1 aromatic carbocycles. The minimum absolute atomic E-state index is 0.320. The molecule has 112 valence electrons. The summed E-state index contributed by atoms with van der Waals surface area (Å²) >= 11 is 0. The molecular formula is C16H20N2O3. The molecule has 1 aromatic heterocycles. The number of esters is 1. The van der Waals surface area contributed by atoms with E-state index in [-0.39, 0.29) is 5.97 Å². The van der Waals surface area contributed by atoms with Crippen LogP contribution < -0.4 is 10.5 Å². The fourth-order valence-corrected chi connectivity index (χ4v) is 2.97. The van der Waals surface area contributed by atoms with Crippen molar-refractivity contribution < 1.29 is 14.3 Å². The van der Waals surface area contributed by atoms with Gasteiger partial charge in [-0.05, 0) is 38.8 Å². The van der Waals surface area contributed by atoms with Crippen molar-refractivity contribution in [2.75, 3.05) is 19.5 Å². The molecule has 1 aliphatic rings. The number of carbonyl (C=O) groups is 1. The zero-order chi connectivity index (χ0) is 15.1. The Kier molecular flexibility index (Phi) is 3.27. The van der Waals surface area contributed by atoms with Gasteiger partial charge in [0.15, 0.2) is 0 Å². The van der Waals surface area contributed by atoms with Crippen LogP contribution in [0, 0.1) is 6.92 Å². The van der Waals surface area contributed by atoms with E-state index in [0.29, 0.717) is 29.6 Å². The second-order valence-electron chi connectivity index (χ2n) is 5.36. The van der Waals surface area contributed by atoms with Crippen LogP contribution in [0.1, 0.15) is 41.9 Å². The Balaban J connectivity index is 2.32. The first-order valence-electron chi connectivity index (χ1n) is 7.24. The smallest absolute Gasteiger partial charge is 0.340 e. The molecule has 0 radical (unpaired) electrons. The lowest BCUT2D eigenvalue weighted by Gasteiger charge is -2.08. The number of carbonyl (C=O) groups excluding carboxylic acids is 1. The maximum Gasteiger partial charge on any atom is 0.340 e. The summed E-state index contributed by atoms with van der Waals surface area (Å²) in [6.45, 7) is 4.10. The van der Waals surface area contributed by atoms with Crippen molar-refractivity contribution in [3.63, 3.8) is 0 Å². The lowest BCUT2D eigenvalue weighted by atomic mass is 10.1. The Morgan fingerprint density at radius 3 is 2.71 bits per heavy atom. The predicted octanol–water partition coefficient (Wildman–Crippen LogP) is 3.05. The highest BCUT2D eigenvalue weighted by Crippen LogP contribution is 2.44. The molecule has 1 fully saturated rings. The lowest BCUT2D eigenvalue weighted by molar-refractivity contribution is 0.0527. The lowest BCUT2D eigenvalue weighted by Crippen LogP contribution is -2.07. The molecule has 0 spiro atoms. The van der Waals surface area contributed by atoms with Crippen molar-refractivity contribution in [2.24, 2.45) is 0 Å². The summed E-state index contributed by atoms with van der Waals surface area (Å²) in [4.78, 5) is 12.4. The van der Waals surface area contributed by atoms with E-state index in [1.165, 1.54) is 0 Å². The van der Waals surface area contributed by atoms with Crippen molar-refractivity contribution in [2.45, 2.75) is 32.7 Å². The number of fused-ring (bicyclic) bond motifs is 1. The molecule has 2 aromatic rings. The summed E-state index contributed by atoms with van der Waals surface area (Å²) in [5.74, 6) is 0.264. The van der Waals surface area contributed by atoms with Crippen molar-refractivity contribution in [3.8, 4) is 5.75 Å². The van der Waals surface area contributed by atoms with E-state index >= 15 is 0 Å². The van der Waals surface area contributed by atoms with Crippen LogP contribution in [0.2, 0.25) is 0 Å². The van der Waals surface area contributed by atoms with Crippen molar-refractivity contribution in [1.29, 1.82) is 0 Å². The first kappa shape index (κ1) is 13.8. The molecule has 1 saturated carbocycles. The number of anilines is 1. The highest BCUT2D eigenvalue weighted by Gasteiger charge is 2.31. The number of benzene rings is 1. The zero-order valence-electron chi connectivity index (χ0n) is 12.6. The molecule has 0 unspecified atom stereocenters. The number of nitrogens with two attached hydrogens (primary N) is 1. The van der Waals surface area contributed by atoms with Gasteiger partial charge >= 0.3 is 5.97 Å². The van der Waals surface area contributed by atoms with Crippen molar-refractivity contribution >= 4 is 22.6 Å². The minimum Gasteiger partial charge on any atom is -0.495 e. The second-order valence-corrected chi connectivity index (χ2v) is 5.36. The van der Waals surface area contributed by atoms with E-state index in [1.54, 1.807) is 14.0 Å². The summed E-state index contributed by atoms with van der Waals surface area (Å²) in [6.07, 6.45) is 2.28. The van der Waals surface area contributed by atoms with Gasteiger partial charge < -0.3 is 19.8 Å². The number of rotatable bonds is 4. The molecule has 5 nitrogen and oxygen atoms in total. The van der Waals surface area contributed by atoms with E-state index in [9.17, 15) is 4.79 Å². The maximum atomic E-state index is 12.4. The zero-order valence-corrected chi connectivity index (χ0v) is 12.6. The van der Waals surface area contributed by atoms with Gasteiger partial charge in [-0.25, -0.2) is 4.79 Å². The SMILES string of the molecule is CCOC(=O)c1c(C)n(C2CC2)c2ccc(OC)c(N)c12. The summed E-state index contributed by atoms with van der Waals surface area (Å²) in [7, 11) is 1.58. The fraction of sp³-hybridized carbons (Fsp3) is 0.438. The number of hydrogen-bond acceptors (Lipinski definition) is 4. The van der Waals surface area contributed by atoms with E-state index in [1.807, 2.05) is 19.1 Å². The topological polar surface area (TPSA) is 66.5 Å². The number of nitrogen functional groups attached to an aromatic ring is 1. The van der Waals surface area contributed by atoms with Crippen LogP contribution in [0.5, 0.6) is 5.75 Å². The largest absolute Gasteiger partial charge is 0.495 e. The third-order valence-electron chi connectivity index (χ3n) is 4.03. The van der Waals surface area contributed by atoms with Crippen LogP contribution in [-0.2, 0) is 4.74 Å². The van der Waals surface area contributed by atoms with Crippen LogP contribution in [0.25, 0.3) is 10.9 Å². The van der Waals surface area contributed by atoms with Gasteiger partial charge in [0.25, 0.3) is 0 Å². The van der Waals surface area contributed by atoms with Crippen LogP contribution in [0.3, 0.4) is 0 Å². The molecule has 3 rings (SSSR count). The molecule has 0 atom stereocenters. The molecule has 0 aliphatic heterocycles. The average Bonchev–Trinajstić information content (AvgIpc) is 3.23. The van der Waals surface area contributed by atoms with Gasteiger partial charge in [-0.3, -0.25) is 0 Å². The second kappa shape index (κ2) is 4.98. The summed E-state index contributed by atoms with van der Waals surface area (Å²) in [5, 5.41) is 0.747. The third-order valence-corrected chi connectivity index (χ3v) is 4.03. The molecule has 2 N–H and O–H groups in total. The van der Waals surface area contributed by atoms with Crippen LogP contribution >= 0.6 is 0 Å². The standard InChI is InChI=1S/C16H20N2O3/c1-4-21-16(19)13-9(2)18(10-5-6-10)11-7-8-12(20-3)15(17)14(11)13/h7-8,10H,4-6,17H2,1-3H3. The Morgan fingerprint density at radius 2 is 2.14 bits per heavy atom. The highest BCUT2D eigenvalue weighted by atomic mass is 16.5. The van der Waals surface area contributed by atoms with Crippen molar-refractivity contribution in [3.05, 3.63) is 23.4 Å².